The van der Waals surface area contributed by atoms with E-state index >= 15 is 0 Å². The van der Waals surface area contributed by atoms with Gasteiger partial charge < -0.3 is 15.0 Å². The zero-order valence-corrected chi connectivity index (χ0v) is 14.5. The minimum Gasteiger partial charge on any atom is -0.357 e. The largest absolute Gasteiger partial charge is 0.357 e. The number of aliphatic imine (C=N–C) groups is 1. The molecule has 23 heavy (non-hydrogen) atoms. The van der Waals surface area contributed by atoms with Gasteiger partial charge >= 0.3 is 0 Å². The fourth-order valence-corrected chi connectivity index (χ4v) is 3.92. The fraction of sp³-hybridized carbons (Fsp3) is 0.529. The van der Waals surface area contributed by atoms with E-state index in [0.29, 0.717) is 5.25 Å². The Morgan fingerprint density at radius 2 is 2.39 bits per heavy atom. The van der Waals surface area contributed by atoms with E-state index in [1.807, 2.05) is 24.4 Å². The molecule has 0 spiro atoms. The van der Waals surface area contributed by atoms with Crippen LogP contribution in [-0.2, 0) is 6.42 Å². The molecule has 1 saturated heterocycles. The number of aromatic nitrogens is 2. The van der Waals surface area contributed by atoms with Crippen LogP contribution in [0.25, 0.3) is 5.65 Å². The van der Waals surface area contributed by atoms with Gasteiger partial charge in [-0.3, -0.25) is 4.99 Å². The van der Waals surface area contributed by atoms with Gasteiger partial charge in [0, 0.05) is 37.2 Å². The third kappa shape index (κ3) is 4.64. The van der Waals surface area contributed by atoms with Gasteiger partial charge in [-0.2, -0.15) is 11.8 Å². The topological polar surface area (TPSA) is 53.7 Å². The molecule has 2 aromatic heterocycles. The molecule has 3 heterocycles. The number of pyridine rings is 1. The van der Waals surface area contributed by atoms with E-state index in [2.05, 4.69) is 44.9 Å². The Morgan fingerprint density at radius 1 is 1.43 bits per heavy atom. The first-order chi connectivity index (χ1) is 11.3. The van der Waals surface area contributed by atoms with Gasteiger partial charge in [0.15, 0.2) is 5.96 Å². The van der Waals surface area contributed by atoms with Gasteiger partial charge in [0.1, 0.15) is 5.65 Å². The Morgan fingerprint density at radius 3 is 3.17 bits per heavy atom. The molecular formula is C17H25N5S. The molecule has 124 valence electrons. The van der Waals surface area contributed by atoms with Gasteiger partial charge in [-0.15, -0.1) is 0 Å². The smallest absolute Gasteiger partial charge is 0.191 e. The molecule has 0 radical (unpaired) electrons. The normalized spacial score (nSPS) is 18.5. The quantitative estimate of drug-likeness (QED) is 0.630. The van der Waals surface area contributed by atoms with Crippen LogP contribution in [0.4, 0.5) is 0 Å². The lowest BCUT2D eigenvalue weighted by Gasteiger charge is -2.12. The molecular weight excluding hydrogens is 306 g/mol. The Balaban J connectivity index is 1.50. The van der Waals surface area contributed by atoms with E-state index in [1.165, 1.54) is 18.6 Å². The molecule has 1 aliphatic heterocycles. The molecule has 2 N–H and O–H groups in total. The lowest BCUT2D eigenvalue weighted by molar-refractivity contribution is 0.758. The Bertz CT molecular complexity index is 612. The summed E-state index contributed by atoms with van der Waals surface area (Å²) in [6.07, 6.45) is 7.65. The maximum atomic E-state index is 4.72. The van der Waals surface area contributed by atoms with Crippen LogP contribution in [-0.4, -0.2) is 46.0 Å². The van der Waals surface area contributed by atoms with Crippen molar-refractivity contribution in [1.29, 1.82) is 0 Å². The van der Waals surface area contributed by atoms with Crippen molar-refractivity contribution in [3.05, 3.63) is 36.3 Å². The SMILES string of the molecule is CCNC(=NCC1CCCS1)NCCc1cn2ccccc2n1. The second-order valence-electron chi connectivity index (χ2n) is 5.73. The van der Waals surface area contributed by atoms with Crippen molar-refractivity contribution >= 4 is 23.4 Å². The summed E-state index contributed by atoms with van der Waals surface area (Å²) < 4.78 is 2.06. The fourth-order valence-electron chi connectivity index (χ4n) is 2.74. The van der Waals surface area contributed by atoms with Crippen LogP contribution in [0.2, 0.25) is 0 Å². The first kappa shape index (κ1) is 16.2. The Labute approximate surface area is 142 Å². The van der Waals surface area contributed by atoms with Gasteiger partial charge in [0.2, 0.25) is 0 Å². The van der Waals surface area contributed by atoms with Crippen LogP contribution in [0.3, 0.4) is 0 Å². The van der Waals surface area contributed by atoms with Crippen LogP contribution in [0.5, 0.6) is 0 Å². The van der Waals surface area contributed by atoms with Crippen molar-refractivity contribution in [1.82, 2.24) is 20.0 Å². The van der Waals surface area contributed by atoms with Crippen molar-refractivity contribution in [2.75, 3.05) is 25.4 Å². The van der Waals surface area contributed by atoms with Gasteiger partial charge in [-0.05, 0) is 37.7 Å². The second-order valence-corrected chi connectivity index (χ2v) is 7.14. The molecule has 0 aromatic carbocycles. The van der Waals surface area contributed by atoms with E-state index in [0.717, 1.165) is 43.4 Å². The van der Waals surface area contributed by atoms with Crippen LogP contribution < -0.4 is 10.6 Å². The van der Waals surface area contributed by atoms with E-state index in [4.69, 9.17) is 4.99 Å². The highest BCUT2D eigenvalue weighted by molar-refractivity contribution is 8.00. The highest BCUT2D eigenvalue weighted by Crippen LogP contribution is 2.25. The van der Waals surface area contributed by atoms with Gasteiger partial charge in [-0.25, -0.2) is 4.98 Å². The molecule has 1 fully saturated rings. The van der Waals surface area contributed by atoms with Gasteiger partial charge in [0.05, 0.1) is 12.2 Å². The summed E-state index contributed by atoms with van der Waals surface area (Å²) in [5.74, 6) is 2.21. The molecule has 5 nitrogen and oxygen atoms in total. The summed E-state index contributed by atoms with van der Waals surface area (Å²) in [4.78, 5) is 9.34. The average molecular weight is 331 g/mol. The first-order valence-corrected chi connectivity index (χ1v) is 9.46. The monoisotopic (exact) mass is 331 g/mol. The number of rotatable bonds is 6. The van der Waals surface area contributed by atoms with E-state index < -0.39 is 0 Å². The molecule has 2 aromatic rings. The van der Waals surface area contributed by atoms with Crippen molar-refractivity contribution in [2.45, 2.75) is 31.4 Å². The summed E-state index contributed by atoms with van der Waals surface area (Å²) in [5.41, 5.74) is 2.10. The minimum atomic E-state index is 0.698. The number of thioether (sulfide) groups is 1. The average Bonchev–Trinajstić information content (AvgIpc) is 3.21. The molecule has 0 aliphatic carbocycles. The highest BCUT2D eigenvalue weighted by Gasteiger charge is 2.14. The highest BCUT2D eigenvalue weighted by atomic mass is 32.2. The summed E-state index contributed by atoms with van der Waals surface area (Å²) in [6.45, 7) is 4.74. The lowest BCUT2D eigenvalue weighted by Crippen LogP contribution is -2.38. The van der Waals surface area contributed by atoms with E-state index in [9.17, 15) is 0 Å². The molecule has 1 atom stereocenters. The molecule has 0 bridgehead atoms. The Kier molecular flexibility index (Phi) is 5.80. The summed E-state index contributed by atoms with van der Waals surface area (Å²) in [5, 5.41) is 7.44. The van der Waals surface area contributed by atoms with Crippen molar-refractivity contribution in [3.8, 4) is 0 Å². The third-order valence-corrected chi connectivity index (χ3v) is 5.29. The number of nitrogens with zero attached hydrogens (tertiary/aromatic N) is 3. The standard InChI is InChI=1S/C17H25N5S/c1-2-18-17(20-12-15-6-5-11-23-15)19-9-8-14-13-22-10-4-3-7-16(22)21-14/h3-4,7,10,13,15H,2,5-6,8-9,11-12H2,1H3,(H2,18,19,20). The van der Waals surface area contributed by atoms with Crippen LogP contribution >= 0.6 is 11.8 Å². The molecule has 0 saturated carbocycles. The number of imidazole rings is 1. The summed E-state index contributed by atoms with van der Waals surface area (Å²) in [6, 6.07) is 6.07. The minimum absolute atomic E-state index is 0.698. The zero-order valence-electron chi connectivity index (χ0n) is 13.7. The predicted molar refractivity (Wildman–Crippen MR) is 98.4 cm³/mol. The molecule has 6 heteroatoms. The van der Waals surface area contributed by atoms with Crippen LogP contribution in [0.15, 0.2) is 35.6 Å². The number of hydrogen-bond donors (Lipinski definition) is 2. The number of guanidine groups is 1. The number of nitrogens with one attached hydrogen (secondary N) is 2. The Hall–Kier alpha value is -1.69. The van der Waals surface area contributed by atoms with Crippen LogP contribution in [0.1, 0.15) is 25.5 Å². The number of fused-ring (bicyclic) bond motifs is 1. The summed E-state index contributed by atoms with van der Waals surface area (Å²) >= 11 is 2.05. The predicted octanol–water partition coefficient (Wildman–Crippen LogP) is 2.33. The molecule has 0 amide bonds. The summed E-state index contributed by atoms with van der Waals surface area (Å²) in [7, 11) is 0. The maximum Gasteiger partial charge on any atom is 0.191 e. The van der Waals surface area contributed by atoms with Gasteiger partial charge in [-0.1, -0.05) is 6.07 Å². The van der Waals surface area contributed by atoms with E-state index in [-0.39, 0.29) is 0 Å². The first-order valence-electron chi connectivity index (χ1n) is 8.41. The van der Waals surface area contributed by atoms with Crippen molar-refractivity contribution in [3.63, 3.8) is 0 Å². The molecule has 3 rings (SSSR count). The van der Waals surface area contributed by atoms with Gasteiger partial charge in [0.25, 0.3) is 0 Å². The van der Waals surface area contributed by atoms with Crippen molar-refractivity contribution in [2.24, 2.45) is 4.99 Å². The lowest BCUT2D eigenvalue weighted by atomic mass is 10.2. The number of hydrogen-bond acceptors (Lipinski definition) is 3. The molecule has 1 aliphatic rings. The molecule has 1 unspecified atom stereocenters. The van der Waals surface area contributed by atoms with Crippen LogP contribution in [0, 0.1) is 0 Å². The third-order valence-electron chi connectivity index (χ3n) is 3.91. The second kappa shape index (κ2) is 8.24. The van der Waals surface area contributed by atoms with Crippen molar-refractivity contribution < 1.29 is 0 Å². The van der Waals surface area contributed by atoms with E-state index in [1.54, 1.807) is 0 Å². The zero-order chi connectivity index (χ0) is 15.9. The maximum absolute atomic E-state index is 4.72.